The zero-order valence-electron chi connectivity index (χ0n) is 18.5. The molecule has 3 heteroatoms. The van der Waals surface area contributed by atoms with Crippen LogP contribution in [-0.4, -0.2) is 4.57 Å². The van der Waals surface area contributed by atoms with E-state index in [0.717, 1.165) is 35.2 Å². The van der Waals surface area contributed by atoms with Crippen LogP contribution in [0.5, 0.6) is 0 Å². The molecular formula is C31H20N2S. The second-order valence-electron chi connectivity index (χ2n) is 8.78. The standard InChI is InChI=1S/C31H20N2S/c32-19-21-8-7-12-22(20-16-17-26-25-11-3-6-15-29(25)34-30(26)18-20)31(21)33-27-13-4-1-9-23(27)24-10-2-5-14-28(24)33/h1,3-9,11-18H,2,10H2. The van der Waals surface area contributed by atoms with Crippen LogP contribution >= 0.6 is 11.3 Å². The van der Waals surface area contributed by atoms with Gasteiger partial charge in [0.25, 0.3) is 0 Å². The number of aryl methyl sites for hydroxylation is 1. The van der Waals surface area contributed by atoms with Crippen LogP contribution in [0.25, 0.3) is 54.0 Å². The third kappa shape index (κ3) is 2.73. The highest BCUT2D eigenvalue weighted by molar-refractivity contribution is 7.25. The Hall–Kier alpha value is -4.13. The van der Waals surface area contributed by atoms with Crippen molar-refractivity contribution in [3.8, 4) is 22.9 Å². The molecule has 2 aromatic heterocycles. The molecule has 7 rings (SSSR count). The minimum Gasteiger partial charge on any atom is -0.308 e. The smallest absolute Gasteiger partial charge is 0.101 e. The molecule has 160 valence electrons. The monoisotopic (exact) mass is 452 g/mol. The summed E-state index contributed by atoms with van der Waals surface area (Å²) in [7, 11) is 0. The van der Waals surface area contributed by atoms with Gasteiger partial charge in [-0.1, -0.05) is 66.7 Å². The lowest BCUT2D eigenvalue weighted by Crippen LogP contribution is -2.04. The number of benzene rings is 4. The number of nitriles is 1. The first-order valence-electron chi connectivity index (χ1n) is 11.6. The summed E-state index contributed by atoms with van der Waals surface area (Å²) in [5.74, 6) is 0. The van der Waals surface area contributed by atoms with Crippen molar-refractivity contribution in [3.05, 3.63) is 108 Å². The van der Waals surface area contributed by atoms with Crippen molar-refractivity contribution >= 4 is 48.5 Å². The number of thiophene rings is 1. The highest BCUT2D eigenvalue weighted by Crippen LogP contribution is 2.41. The maximum absolute atomic E-state index is 10.2. The first-order chi connectivity index (χ1) is 16.8. The fourth-order valence-corrected chi connectivity index (χ4v) is 6.57. The quantitative estimate of drug-likeness (QED) is 0.259. The summed E-state index contributed by atoms with van der Waals surface area (Å²) in [5, 5.41) is 14.0. The maximum Gasteiger partial charge on any atom is 0.101 e. The minimum absolute atomic E-state index is 0.691. The summed E-state index contributed by atoms with van der Waals surface area (Å²) in [5.41, 5.74) is 7.60. The van der Waals surface area contributed by atoms with Crippen LogP contribution < -0.4 is 0 Å². The molecule has 2 heterocycles. The van der Waals surface area contributed by atoms with Crippen molar-refractivity contribution in [3.63, 3.8) is 0 Å². The lowest BCUT2D eigenvalue weighted by Gasteiger charge is -2.18. The van der Waals surface area contributed by atoms with Gasteiger partial charge in [0.05, 0.1) is 16.8 Å². The molecule has 0 saturated heterocycles. The molecule has 0 spiro atoms. The van der Waals surface area contributed by atoms with E-state index < -0.39 is 0 Å². The Kier molecular flexibility index (Phi) is 4.24. The van der Waals surface area contributed by atoms with Gasteiger partial charge in [0.1, 0.15) is 6.07 Å². The van der Waals surface area contributed by atoms with Crippen molar-refractivity contribution < 1.29 is 0 Å². The second kappa shape index (κ2) is 7.45. The minimum atomic E-state index is 0.691. The lowest BCUT2D eigenvalue weighted by atomic mass is 9.98. The number of hydrogen-bond donors (Lipinski definition) is 0. The third-order valence-corrected chi connectivity index (χ3v) is 8.06. The van der Waals surface area contributed by atoms with E-state index in [1.165, 1.54) is 36.8 Å². The fraction of sp³-hybridized carbons (Fsp3) is 0.0645. The van der Waals surface area contributed by atoms with Gasteiger partial charge >= 0.3 is 0 Å². The van der Waals surface area contributed by atoms with Crippen LogP contribution in [0.1, 0.15) is 23.2 Å². The summed E-state index contributed by atoms with van der Waals surface area (Å²) < 4.78 is 4.88. The molecule has 0 bridgehead atoms. The zero-order chi connectivity index (χ0) is 22.6. The first kappa shape index (κ1) is 19.3. The molecule has 0 aliphatic heterocycles. The fourth-order valence-electron chi connectivity index (χ4n) is 5.43. The molecule has 0 N–H and O–H groups in total. The summed E-state index contributed by atoms with van der Waals surface area (Å²) in [4.78, 5) is 0. The normalized spacial score (nSPS) is 12.9. The zero-order valence-corrected chi connectivity index (χ0v) is 19.3. The van der Waals surface area contributed by atoms with E-state index in [9.17, 15) is 5.26 Å². The van der Waals surface area contributed by atoms with Crippen molar-refractivity contribution in [1.29, 1.82) is 5.26 Å². The SMILES string of the molecule is N#Cc1cccc(-c2ccc3c(c2)sc2ccccc23)c1-n1c2c(c3ccccc31)CCC=C2. The largest absolute Gasteiger partial charge is 0.308 e. The van der Waals surface area contributed by atoms with Crippen LogP contribution in [0.3, 0.4) is 0 Å². The molecule has 34 heavy (non-hydrogen) atoms. The summed E-state index contributed by atoms with van der Waals surface area (Å²) in [6.45, 7) is 0. The van der Waals surface area contributed by atoms with E-state index in [-0.39, 0.29) is 0 Å². The number of fused-ring (bicyclic) bond motifs is 6. The highest BCUT2D eigenvalue weighted by Gasteiger charge is 2.22. The van der Waals surface area contributed by atoms with Crippen molar-refractivity contribution in [1.82, 2.24) is 4.57 Å². The van der Waals surface area contributed by atoms with Gasteiger partial charge in [0.15, 0.2) is 0 Å². The molecule has 1 aliphatic carbocycles. The van der Waals surface area contributed by atoms with Crippen LogP contribution in [0, 0.1) is 11.3 Å². The van der Waals surface area contributed by atoms with Gasteiger partial charge in [0.2, 0.25) is 0 Å². The Morgan fingerprint density at radius 1 is 0.794 bits per heavy atom. The molecule has 1 aliphatic rings. The van der Waals surface area contributed by atoms with E-state index in [1.807, 2.05) is 23.5 Å². The number of allylic oxidation sites excluding steroid dienone is 1. The summed E-state index contributed by atoms with van der Waals surface area (Å²) in [6.07, 6.45) is 6.55. The van der Waals surface area contributed by atoms with Crippen molar-refractivity contribution in [2.24, 2.45) is 0 Å². The molecule has 0 unspecified atom stereocenters. The second-order valence-corrected chi connectivity index (χ2v) is 9.86. The van der Waals surface area contributed by atoms with Crippen LogP contribution in [0.4, 0.5) is 0 Å². The number of hydrogen-bond acceptors (Lipinski definition) is 2. The Morgan fingerprint density at radius 2 is 1.62 bits per heavy atom. The molecule has 0 fully saturated rings. The molecule has 0 atom stereocenters. The lowest BCUT2D eigenvalue weighted by molar-refractivity contribution is 0.967. The van der Waals surface area contributed by atoms with Gasteiger partial charge < -0.3 is 4.57 Å². The Bertz CT molecular complexity index is 1820. The third-order valence-electron chi connectivity index (χ3n) is 6.93. The van der Waals surface area contributed by atoms with Gasteiger partial charge in [-0.3, -0.25) is 0 Å². The van der Waals surface area contributed by atoms with Gasteiger partial charge in [-0.15, -0.1) is 11.3 Å². The first-order valence-corrected chi connectivity index (χ1v) is 12.4. The predicted molar refractivity (Wildman–Crippen MR) is 144 cm³/mol. The molecule has 0 amide bonds. The van der Waals surface area contributed by atoms with E-state index >= 15 is 0 Å². The molecule has 2 nitrogen and oxygen atoms in total. The van der Waals surface area contributed by atoms with E-state index in [4.69, 9.17) is 0 Å². The van der Waals surface area contributed by atoms with Crippen molar-refractivity contribution in [2.45, 2.75) is 12.8 Å². The molecular weight excluding hydrogens is 432 g/mol. The summed E-state index contributed by atoms with van der Waals surface area (Å²) >= 11 is 1.83. The topological polar surface area (TPSA) is 28.7 Å². The van der Waals surface area contributed by atoms with Gasteiger partial charge in [-0.05, 0) is 54.3 Å². The highest BCUT2D eigenvalue weighted by atomic mass is 32.1. The number of para-hydroxylation sites is 2. The van der Waals surface area contributed by atoms with E-state index in [0.29, 0.717) is 5.56 Å². The van der Waals surface area contributed by atoms with E-state index in [2.05, 4.69) is 95.6 Å². The summed E-state index contributed by atoms with van der Waals surface area (Å²) in [6, 6.07) is 32.5. The van der Waals surface area contributed by atoms with Crippen LogP contribution in [0.15, 0.2) is 91.0 Å². The van der Waals surface area contributed by atoms with Gasteiger partial charge in [-0.2, -0.15) is 5.26 Å². The Morgan fingerprint density at radius 3 is 2.53 bits per heavy atom. The average Bonchev–Trinajstić information content (AvgIpc) is 3.43. The molecule has 4 aromatic carbocycles. The average molecular weight is 453 g/mol. The number of nitrogens with zero attached hydrogens (tertiary/aromatic N) is 2. The van der Waals surface area contributed by atoms with E-state index in [1.54, 1.807) is 0 Å². The molecule has 0 radical (unpaired) electrons. The van der Waals surface area contributed by atoms with Gasteiger partial charge in [0, 0.05) is 36.8 Å². The van der Waals surface area contributed by atoms with Crippen LogP contribution in [-0.2, 0) is 6.42 Å². The van der Waals surface area contributed by atoms with Crippen LogP contribution in [0.2, 0.25) is 0 Å². The predicted octanol–water partition coefficient (Wildman–Crippen LogP) is 8.50. The van der Waals surface area contributed by atoms with Crippen molar-refractivity contribution in [2.75, 3.05) is 0 Å². The Balaban J connectivity index is 1.55. The number of rotatable bonds is 2. The maximum atomic E-state index is 10.2. The molecule has 0 saturated carbocycles. The Labute approximate surface area is 201 Å². The van der Waals surface area contributed by atoms with Gasteiger partial charge in [-0.25, -0.2) is 0 Å². The molecule has 6 aromatic rings. The number of aromatic nitrogens is 1.